The molecule has 0 N–H and O–H groups in total. The van der Waals surface area contributed by atoms with Crippen molar-refractivity contribution < 1.29 is 22.6 Å². The number of fused-ring (bicyclic) bond motifs is 9. The molecule has 0 aromatic heterocycles. The van der Waals surface area contributed by atoms with Crippen molar-refractivity contribution in [1.82, 2.24) is 0 Å². The average Bonchev–Trinajstić information content (AvgIpc) is 3.37. The summed E-state index contributed by atoms with van der Waals surface area (Å²) < 4.78 is 54.9. The second kappa shape index (κ2) is 10.7. The number of benzene rings is 6. The maximum atomic E-state index is 14.0. The largest absolute Gasteiger partial charge is 0.472 e. The molecule has 0 saturated carbocycles. The molecule has 0 radical (unpaired) electrons. The van der Waals surface area contributed by atoms with E-state index in [1.165, 1.54) is 12.1 Å². The molecular weight excluding hydrogens is 619 g/mol. The maximum Gasteiger partial charge on any atom is 0.416 e. The molecule has 6 aromatic carbocycles. The predicted octanol–water partition coefficient (Wildman–Crippen LogP) is 10.5. The lowest BCUT2D eigenvalue weighted by Gasteiger charge is -2.39. The number of nitrogens with zero attached hydrogens (tertiary/aromatic N) is 1. The summed E-state index contributed by atoms with van der Waals surface area (Å²) in [6.07, 6.45) is -0.146. The molecule has 0 bridgehead atoms. The van der Waals surface area contributed by atoms with Gasteiger partial charge in [0, 0.05) is 46.3 Å². The lowest BCUT2D eigenvalue weighted by Crippen LogP contribution is -2.37. The first-order valence-corrected chi connectivity index (χ1v) is 16.8. The quantitative estimate of drug-likeness (QED) is 0.190. The first-order chi connectivity index (χ1) is 23.6. The van der Waals surface area contributed by atoms with Crippen molar-refractivity contribution in [2.45, 2.75) is 31.0 Å². The van der Waals surface area contributed by atoms with Crippen LogP contribution in [0.4, 0.5) is 18.9 Å². The Morgan fingerprint density at radius 2 is 1.41 bits per heavy atom. The van der Waals surface area contributed by atoms with Crippen molar-refractivity contribution in [3.8, 4) is 16.9 Å². The van der Waals surface area contributed by atoms with Crippen molar-refractivity contribution in [1.29, 1.82) is 0 Å². The molecule has 244 valence electrons. The molecule has 0 amide bonds. The minimum absolute atomic E-state index is 0.632. The number of halogens is 3. The number of anilines is 1. The summed E-state index contributed by atoms with van der Waals surface area (Å²) in [6.45, 7) is 7.16. The lowest BCUT2D eigenvalue weighted by molar-refractivity contribution is -0.137. The number of alkyl halides is 3. The highest BCUT2D eigenvalue weighted by atomic mass is 19.4. The van der Waals surface area contributed by atoms with Crippen molar-refractivity contribution in [3.63, 3.8) is 0 Å². The van der Waals surface area contributed by atoms with Gasteiger partial charge in [0.25, 0.3) is 0 Å². The SMILES string of the molecule is CC1(C)c2cc(C(F)(F)F)ccc2-c2c1c1c(c3ccccc23)OC(c2ccc(N3CCOCC3)cc2)(c2ccc3ccccc3c2)C=C1. The van der Waals surface area contributed by atoms with Crippen molar-refractivity contribution in [3.05, 3.63) is 149 Å². The summed E-state index contributed by atoms with van der Waals surface area (Å²) in [6, 6.07) is 35.7. The molecular formula is C43H34F3NO2. The highest BCUT2D eigenvalue weighted by Crippen LogP contribution is 2.58. The third kappa shape index (κ3) is 4.54. The molecule has 0 spiro atoms. The Labute approximate surface area is 283 Å². The van der Waals surface area contributed by atoms with Gasteiger partial charge in [-0.05, 0) is 74.8 Å². The first-order valence-electron chi connectivity index (χ1n) is 16.8. The fourth-order valence-electron chi connectivity index (χ4n) is 8.25. The highest BCUT2D eigenvalue weighted by molar-refractivity contribution is 6.08. The lowest BCUT2D eigenvalue weighted by atomic mass is 9.76. The number of hydrogen-bond acceptors (Lipinski definition) is 3. The molecule has 1 aliphatic carbocycles. The van der Waals surface area contributed by atoms with E-state index in [2.05, 4.69) is 83.8 Å². The molecule has 2 aliphatic heterocycles. The van der Waals surface area contributed by atoms with Crippen molar-refractivity contribution >= 4 is 33.3 Å². The highest BCUT2D eigenvalue weighted by Gasteiger charge is 2.45. The van der Waals surface area contributed by atoms with E-state index in [9.17, 15) is 13.2 Å². The maximum absolute atomic E-state index is 14.0. The van der Waals surface area contributed by atoms with Crippen LogP contribution in [0.1, 0.15) is 47.2 Å². The zero-order valence-corrected chi connectivity index (χ0v) is 27.3. The number of rotatable bonds is 3. The zero-order valence-electron chi connectivity index (χ0n) is 27.3. The van der Waals surface area contributed by atoms with Gasteiger partial charge in [0.05, 0.1) is 18.8 Å². The third-order valence-electron chi connectivity index (χ3n) is 10.7. The molecule has 3 nitrogen and oxygen atoms in total. The van der Waals surface area contributed by atoms with Gasteiger partial charge < -0.3 is 14.4 Å². The minimum atomic E-state index is -4.43. The molecule has 9 rings (SSSR count). The predicted molar refractivity (Wildman–Crippen MR) is 190 cm³/mol. The van der Waals surface area contributed by atoms with E-state index >= 15 is 0 Å². The van der Waals surface area contributed by atoms with Gasteiger partial charge in [-0.25, -0.2) is 0 Å². The smallest absolute Gasteiger partial charge is 0.416 e. The van der Waals surface area contributed by atoms with E-state index in [1.807, 2.05) is 38.1 Å². The summed E-state index contributed by atoms with van der Waals surface area (Å²) in [4.78, 5) is 2.34. The minimum Gasteiger partial charge on any atom is -0.472 e. The summed E-state index contributed by atoms with van der Waals surface area (Å²) in [5.74, 6) is 0.735. The molecule has 1 atom stereocenters. The second-order valence-corrected chi connectivity index (χ2v) is 13.8. The Kier molecular flexibility index (Phi) is 6.56. The van der Waals surface area contributed by atoms with Gasteiger partial charge in [-0.15, -0.1) is 0 Å². The van der Waals surface area contributed by atoms with Crippen LogP contribution in [0.25, 0.3) is 38.7 Å². The first kappa shape index (κ1) is 30.0. The standard InChI is InChI=1S/C43H34F3NO2/c1-41(2)37-26-31(43(44,45)46)15-18-35(37)38-33-9-5-6-10-34(33)40-36(39(38)41)19-20-42(49-40,30-12-11-27-7-3-4-8-28(27)25-30)29-13-16-32(17-14-29)47-21-23-48-24-22-47/h3-20,25-26H,21-24H2,1-2H3. The van der Waals surface area contributed by atoms with E-state index in [-0.39, 0.29) is 0 Å². The van der Waals surface area contributed by atoms with Crippen LogP contribution in [0.15, 0.2) is 115 Å². The molecule has 1 fully saturated rings. The molecule has 6 heteroatoms. The Balaban J connectivity index is 1.27. The van der Waals surface area contributed by atoms with Crippen LogP contribution in [0.2, 0.25) is 0 Å². The van der Waals surface area contributed by atoms with Crippen LogP contribution in [-0.4, -0.2) is 26.3 Å². The van der Waals surface area contributed by atoms with Gasteiger partial charge >= 0.3 is 6.18 Å². The Hall–Kier alpha value is -5.07. The van der Waals surface area contributed by atoms with Crippen LogP contribution in [0.5, 0.6) is 5.75 Å². The van der Waals surface area contributed by atoms with Gasteiger partial charge in [-0.3, -0.25) is 0 Å². The zero-order chi connectivity index (χ0) is 33.5. The van der Waals surface area contributed by atoms with Gasteiger partial charge in [0.1, 0.15) is 5.75 Å². The fraction of sp³-hybridized carbons (Fsp3) is 0.209. The molecule has 2 heterocycles. The van der Waals surface area contributed by atoms with Crippen LogP contribution < -0.4 is 9.64 Å². The van der Waals surface area contributed by atoms with Crippen molar-refractivity contribution in [2.24, 2.45) is 0 Å². The number of ether oxygens (including phenoxy) is 2. The molecule has 1 unspecified atom stereocenters. The Bertz CT molecular complexity index is 2320. The van der Waals surface area contributed by atoms with Crippen molar-refractivity contribution in [2.75, 3.05) is 31.2 Å². The summed E-state index contributed by atoms with van der Waals surface area (Å²) >= 11 is 0. The third-order valence-corrected chi connectivity index (χ3v) is 10.7. The number of hydrogen-bond donors (Lipinski definition) is 0. The van der Waals surface area contributed by atoms with E-state index in [4.69, 9.17) is 9.47 Å². The van der Waals surface area contributed by atoms with Crippen LogP contribution >= 0.6 is 0 Å². The molecule has 6 aromatic rings. The van der Waals surface area contributed by atoms with Gasteiger partial charge in [0.2, 0.25) is 0 Å². The monoisotopic (exact) mass is 653 g/mol. The summed E-state index contributed by atoms with van der Waals surface area (Å²) in [5.41, 5.74) is 5.22. The van der Waals surface area contributed by atoms with E-state index in [1.54, 1.807) is 6.07 Å². The van der Waals surface area contributed by atoms with Crippen LogP contribution in [0, 0.1) is 0 Å². The second-order valence-electron chi connectivity index (χ2n) is 13.8. The van der Waals surface area contributed by atoms with Gasteiger partial charge in [-0.1, -0.05) is 98.8 Å². The Morgan fingerprint density at radius 3 is 2.16 bits per heavy atom. The molecule has 49 heavy (non-hydrogen) atoms. The van der Waals surface area contributed by atoms with E-state index < -0.39 is 22.8 Å². The van der Waals surface area contributed by atoms with Gasteiger partial charge in [-0.2, -0.15) is 13.2 Å². The van der Waals surface area contributed by atoms with E-state index in [0.29, 0.717) is 18.8 Å². The van der Waals surface area contributed by atoms with Crippen LogP contribution in [-0.2, 0) is 21.9 Å². The summed E-state index contributed by atoms with van der Waals surface area (Å²) in [5, 5.41) is 4.15. The van der Waals surface area contributed by atoms with Gasteiger partial charge in [0.15, 0.2) is 5.60 Å². The van der Waals surface area contributed by atoms with Crippen LogP contribution in [0.3, 0.4) is 0 Å². The average molecular weight is 654 g/mol. The molecule has 1 saturated heterocycles. The number of morpholine rings is 1. The summed E-state index contributed by atoms with van der Waals surface area (Å²) in [7, 11) is 0. The fourth-order valence-corrected chi connectivity index (χ4v) is 8.25. The Morgan fingerprint density at radius 1 is 0.714 bits per heavy atom. The normalized spacial score (nSPS) is 19.4. The van der Waals surface area contributed by atoms with E-state index in [0.717, 1.165) is 79.5 Å². The topological polar surface area (TPSA) is 21.7 Å². The molecule has 3 aliphatic rings.